The maximum Gasteiger partial charge on any atom is 0.488 e. The fraction of sp³-hybridized carbons (Fsp3) is 0. The van der Waals surface area contributed by atoms with E-state index >= 15 is 0 Å². The summed E-state index contributed by atoms with van der Waals surface area (Å²) in [6, 6.07) is 6.75. The van der Waals surface area contributed by atoms with Crippen LogP contribution in [0.3, 0.4) is 0 Å². The van der Waals surface area contributed by atoms with Crippen LogP contribution in [0.1, 0.15) is 0 Å². The van der Waals surface area contributed by atoms with E-state index in [4.69, 9.17) is 10.0 Å². The Morgan fingerprint density at radius 1 is 1.07 bits per heavy atom. The summed E-state index contributed by atoms with van der Waals surface area (Å²) >= 11 is 0. The van der Waals surface area contributed by atoms with Crippen LogP contribution >= 0.6 is 0 Å². The fourth-order valence-corrected chi connectivity index (χ4v) is 1.23. The average Bonchev–Trinajstić information content (AvgIpc) is 2.30. The Bertz CT molecular complexity index is 450. The van der Waals surface area contributed by atoms with Gasteiger partial charge in [0.1, 0.15) is 12.7 Å². The summed E-state index contributed by atoms with van der Waals surface area (Å²) in [6.07, 6.45) is 2.79. The molecule has 15 heavy (non-hydrogen) atoms. The molecule has 74 valence electrons. The molecule has 0 atom stereocenters. The number of benzene rings is 1. The van der Waals surface area contributed by atoms with E-state index in [9.17, 15) is 0 Å². The smallest absolute Gasteiger partial charge is 0.423 e. The van der Waals surface area contributed by atoms with Crippen molar-refractivity contribution in [3.05, 3.63) is 36.9 Å². The van der Waals surface area contributed by atoms with Gasteiger partial charge < -0.3 is 10.0 Å². The van der Waals surface area contributed by atoms with Gasteiger partial charge in [-0.05, 0) is 5.46 Å². The minimum Gasteiger partial charge on any atom is -0.423 e. The molecule has 1 heterocycles. The Balaban J connectivity index is 2.42. The quantitative estimate of drug-likeness (QED) is 0.623. The first-order chi connectivity index (χ1) is 7.27. The van der Waals surface area contributed by atoms with E-state index in [1.165, 1.54) is 12.7 Å². The van der Waals surface area contributed by atoms with Crippen LogP contribution in [0, 0.1) is 0 Å². The molecule has 0 fully saturated rings. The number of aromatic nitrogens is 3. The second-order valence-electron chi connectivity index (χ2n) is 2.96. The number of nitrogens with zero attached hydrogens (tertiary/aromatic N) is 3. The van der Waals surface area contributed by atoms with Crippen LogP contribution in [-0.2, 0) is 0 Å². The summed E-state index contributed by atoms with van der Waals surface area (Å²) in [4.78, 5) is 11.6. The standard InChI is InChI=1S/C9H8BN3O2/c14-10(15)8-3-1-2-7(4-8)9-12-5-11-6-13-9/h1-6,14-15H. The van der Waals surface area contributed by atoms with E-state index < -0.39 is 7.12 Å². The summed E-state index contributed by atoms with van der Waals surface area (Å²) < 4.78 is 0. The molecular formula is C9H8BN3O2. The van der Waals surface area contributed by atoms with Crippen LogP contribution in [0.15, 0.2) is 36.9 Å². The van der Waals surface area contributed by atoms with Crippen molar-refractivity contribution in [2.24, 2.45) is 0 Å². The van der Waals surface area contributed by atoms with E-state index in [1.54, 1.807) is 24.3 Å². The lowest BCUT2D eigenvalue weighted by atomic mass is 9.79. The minimum absolute atomic E-state index is 0.410. The summed E-state index contributed by atoms with van der Waals surface area (Å²) in [5, 5.41) is 18.0. The normalized spacial score (nSPS) is 10.0. The van der Waals surface area contributed by atoms with Crippen LogP contribution in [-0.4, -0.2) is 32.1 Å². The highest BCUT2D eigenvalue weighted by atomic mass is 16.4. The zero-order chi connectivity index (χ0) is 10.7. The first-order valence-electron chi connectivity index (χ1n) is 4.36. The Labute approximate surface area is 86.6 Å². The SMILES string of the molecule is OB(O)c1cccc(-c2ncncn2)c1. The molecule has 2 aromatic rings. The molecule has 2 N–H and O–H groups in total. The van der Waals surface area contributed by atoms with Gasteiger partial charge >= 0.3 is 7.12 Å². The van der Waals surface area contributed by atoms with Gasteiger partial charge in [-0.25, -0.2) is 15.0 Å². The van der Waals surface area contributed by atoms with Crippen LogP contribution in [0.4, 0.5) is 0 Å². The van der Waals surface area contributed by atoms with Crippen molar-refractivity contribution in [2.75, 3.05) is 0 Å². The molecule has 2 rings (SSSR count). The summed E-state index contributed by atoms with van der Waals surface area (Å²) in [7, 11) is -1.48. The number of hydrogen-bond donors (Lipinski definition) is 2. The zero-order valence-electron chi connectivity index (χ0n) is 7.78. The lowest BCUT2D eigenvalue weighted by Gasteiger charge is -2.02. The topological polar surface area (TPSA) is 79.1 Å². The molecule has 0 bridgehead atoms. The van der Waals surface area contributed by atoms with E-state index in [0.717, 1.165) is 5.56 Å². The van der Waals surface area contributed by atoms with Gasteiger partial charge in [0.15, 0.2) is 5.82 Å². The lowest BCUT2D eigenvalue weighted by molar-refractivity contribution is 0.426. The molecule has 0 spiro atoms. The highest BCUT2D eigenvalue weighted by Crippen LogP contribution is 2.10. The molecule has 0 radical (unpaired) electrons. The molecule has 0 aliphatic carbocycles. The first kappa shape index (κ1) is 9.76. The second kappa shape index (κ2) is 4.16. The summed E-state index contributed by atoms with van der Waals surface area (Å²) in [5.74, 6) is 0.507. The Kier molecular flexibility index (Phi) is 2.71. The van der Waals surface area contributed by atoms with Crippen LogP contribution < -0.4 is 5.46 Å². The molecule has 1 aromatic carbocycles. The second-order valence-corrected chi connectivity index (χ2v) is 2.96. The molecular weight excluding hydrogens is 193 g/mol. The summed E-state index contributed by atoms with van der Waals surface area (Å²) in [5.41, 5.74) is 1.14. The molecule has 1 aromatic heterocycles. The fourth-order valence-electron chi connectivity index (χ4n) is 1.23. The predicted octanol–water partition coefficient (Wildman–Crippen LogP) is -0.782. The van der Waals surface area contributed by atoms with Gasteiger partial charge in [-0.15, -0.1) is 0 Å². The highest BCUT2D eigenvalue weighted by Gasteiger charge is 2.11. The van der Waals surface area contributed by atoms with Crippen molar-refractivity contribution < 1.29 is 10.0 Å². The van der Waals surface area contributed by atoms with Crippen molar-refractivity contribution in [2.45, 2.75) is 0 Å². The van der Waals surface area contributed by atoms with E-state index in [1.807, 2.05) is 0 Å². The zero-order valence-corrected chi connectivity index (χ0v) is 7.78. The van der Waals surface area contributed by atoms with Gasteiger partial charge in [0, 0.05) is 5.56 Å². The van der Waals surface area contributed by atoms with Crippen molar-refractivity contribution >= 4 is 12.6 Å². The third-order valence-electron chi connectivity index (χ3n) is 1.94. The molecule has 0 amide bonds. The third-order valence-corrected chi connectivity index (χ3v) is 1.94. The maximum absolute atomic E-state index is 9.00. The predicted molar refractivity (Wildman–Crippen MR) is 55.1 cm³/mol. The van der Waals surface area contributed by atoms with Crippen molar-refractivity contribution in [1.29, 1.82) is 0 Å². The van der Waals surface area contributed by atoms with E-state index in [0.29, 0.717) is 11.3 Å². The molecule has 0 aliphatic heterocycles. The van der Waals surface area contributed by atoms with Crippen LogP contribution in [0.25, 0.3) is 11.4 Å². The van der Waals surface area contributed by atoms with E-state index in [2.05, 4.69) is 15.0 Å². The molecule has 0 unspecified atom stereocenters. The van der Waals surface area contributed by atoms with Gasteiger partial charge in [0.2, 0.25) is 0 Å². The average molecular weight is 201 g/mol. The molecule has 6 heteroatoms. The van der Waals surface area contributed by atoms with Gasteiger partial charge in [-0.3, -0.25) is 0 Å². The highest BCUT2D eigenvalue weighted by molar-refractivity contribution is 6.58. The van der Waals surface area contributed by atoms with Crippen LogP contribution in [0.2, 0.25) is 0 Å². The van der Waals surface area contributed by atoms with Crippen molar-refractivity contribution in [3.8, 4) is 11.4 Å². The van der Waals surface area contributed by atoms with Gasteiger partial charge in [0.25, 0.3) is 0 Å². The Morgan fingerprint density at radius 2 is 1.80 bits per heavy atom. The molecule has 0 saturated carbocycles. The first-order valence-corrected chi connectivity index (χ1v) is 4.36. The monoisotopic (exact) mass is 201 g/mol. The molecule has 5 nitrogen and oxygen atoms in total. The van der Waals surface area contributed by atoms with Crippen molar-refractivity contribution in [3.63, 3.8) is 0 Å². The largest absolute Gasteiger partial charge is 0.488 e. The Hall–Kier alpha value is -1.79. The lowest BCUT2D eigenvalue weighted by Crippen LogP contribution is -2.29. The van der Waals surface area contributed by atoms with Gasteiger partial charge in [-0.2, -0.15) is 0 Å². The van der Waals surface area contributed by atoms with Gasteiger partial charge in [0.05, 0.1) is 0 Å². The third kappa shape index (κ3) is 2.17. The minimum atomic E-state index is -1.48. The van der Waals surface area contributed by atoms with Gasteiger partial charge in [-0.1, -0.05) is 24.3 Å². The summed E-state index contributed by atoms with van der Waals surface area (Å²) in [6.45, 7) is 0. The number of hydrogen-bond acceptors (Lipinski definition) is 5. The van der Waals surface area contributed by atoms with E-state index in [-0.39, 0.29) is 0 Å². The Morgan fingerprint density at radius 3 is 2.47 bits per heavy atom. The van der Waals surface area contributed by atoms with Crippen LogP contribution in [0.5, 0.6) is 0 Å². The molecule has 0 aliphatic rings. The van der Waals surface area contributed by atoms with Crippen molar-refractivity contribution in [1.82, 2.24) is 15.0 Å². The molecule has 0 saturated heterocycles. The maximum atomic E-state index is 9.00. The number of rotatable bonds is 2.